The molecule has 2 saturated heterocycles. The van der Waals surface area contributed by atoms with Crippen molar-refractivity contribution in [3.8, 4) is 0 Å². The van der Waals surface area contributed by atoms with E-state index in [4.69, 9.17) is 4.74 Å². The van der Waals surface area contributed by atoms with Crippen molar-refractivity contribution in [3.05, 3.63) is 0 Å². The van der Waals surface area contributed by atoms with Gasteiger partial charge in [-0.05, 0) is 46.0 Å². The summed E-state index contributed by atoms with van der Waals surface area (Å²) in [6.07, 6.45) is 2.42. The standard InChI is InChI=1S/C15H26N2O3/c1-14(2,3)20-13(19)17-9-5-11(6-10-17)15(4)7-8-16-12(15)18/h11H,5-10H2,1-4H3,(H,16,18). The van der Waals surface area contributed by atoms with Crippen molar-refractivity contribution in [3.63, 3.8) is 0 Å². The molecule has 1 atom stereocenters. The smallest absolute Gasteiger partial charge is 0.410 e. The quantitative estimate of drug-likeness (QED) is 0.802. The van der Waals surface area contributed by atoms with Crippen molar-refractivity contribution < 1.29 is 14.3 Å². The fourth-order valence-corrected chi connectivity index (χ4v) is 3.17. The molecule has 0 radical (unpaired) electrons. The van der Waals surface area contributed by atoms with Gasteiger partial charge in [0, 0.05) is 19.6 Å². The monoisotopic (exact) mass is 282 g/mol. The van der Waals surface area contributed by atoms with Gasteiger partial charge in [0.2, 0.25) is 5.91 Å². The third-order valence-electron chi connectivity index (χ3n) is 4.50. The van der Waals surface area contributed by atoms with Crippen LogP contribution in [0.25, 0.3) is 0 Å². The first-order valence-corrected chi connectivity index (χ1v) is 7.48. The van der Waals surface area contributed by atoms with E-state index in [1.807, 2.05) is 20.8 Å². The van der Waals surface area contributed by atoms with Gasteiger partial charge >= 0.3 is 6.09 Å². The summed E-state index contributed by atoms with van der Waals surface area (Å²) in [5.41, 5.74) is -0.703. The van der Waals surface area contributed by atoms with Crippen LogP contribution in [0.3, 0.4) is 0 Å². The van der Waals surface area contributed by atoms with Crippen molar-refractivity contribution in [2.75, 3.05) is 19.6 Å². The molecule has 0 aromatic rings. The first-order valence-electron chi connectivity index (χ1n) is 7.48. The molecular weight excluding hydrogens is 256 g/mol. The zero-order valence-corrected chi connectivity index (χ0v) is 13.0. The third-order valence-corrected chi connectivity index (χ3v) is 4.50. The van der Waals surface area contributed by atoms with E-state index in [0.29, 0.717) is 19.0 Å². The van der Waals surface area contributed by atoms with Gasteiger partial charge in [0.05, 0.1) is 5.41 Å². The Bertz CT molecular complexity index is 394. The molecule has 0 spiro atoms. The summed E-state index contributed by atoms with van der Waals surface area (Å²) in [6, 6.07) is 0. The topological polar surface area (TPSA) is 58.6 Å². The summed E-state index contributed by atoms with van der Waals surface area (Å²) in [6.45, 7) is 9.83. The van der Waals surface area contributed by atoms with Gasteiger partial charge in [-0.25, -0.2) is 4.79 Å². The maximum absolute atomic E-state index is 12.0. The van der Waals surface area contributed by atoms with E-state index >= 15 is 0 Å². The molecule has 0 aromatic carbocycles. The van der Waals surface area contributed by atoms with Crippen LogP contribution in [0, 0.1) is 11.3 Å². The first-order chi connectivity index (χ1) is 9.22. The lowest BCUT2D eigenvalue weighted by Crippen LogP contribution is -2.46. The minimum Gasteiger partial charge on any atom is -0.444 e. The number of carbonyl (C=O) groups excluding carboxylic acids is 2. The number of nitrogens with one attached hydrogen (secondary N) is 1. The molecule has 2 amide bonds. The van der Waals surface area contributed by atoms with E-state index in [1.165, 1.54) is 0 Å². The van der Waals surface area contributed by atoms with Crippen LogP contribution in [0.4, 0.5) is 4.79 Å². The van der Waals surface area contributed by atoms with E-state index in [0.717, 1.165) is 25.8 Å². The Labute approximate surface area is 121 Å². The van der Waals surface area contributed by atoms with E-state index in [-0.39, 0.29) is 17.4 Å². The highest BCUT2D eigenvalue weighted by molar-refractivity contribution is 5.84. The highest BCUT2D eigenvalue weighted by Gasteiger charge is 2.45. The normalized spacial score (nSPS) is 28.4. The molecule has 2 heterocycles. The van der Waals surface area contributed by atoms with Crippen molar-refractivity contribution >= 4 is 12.0 Å². The van der Waals surface area contributed by atoms with Gasteiger partial charge in [-0.15, -0.1) is 0 Å². The molecule has 0 aliphatic carbocycles. The van der Waals surface area contributed by atoms with Crippen LogP contribution in [-0.2, 0) is 9.53 Å². The third kappa shape index (κ3) is 3.07. The SMILES string of the molecule is CC(C)(C)OC(=O)N1CCC(C2(C)CCNC2=O)CC1. The lowest BCUT2D eigenvalue weighted by Gasteiger charge is -2.39. The second-order valence-corrected chi connectivity index (χ2v) is 7.17. The predicted octanol–water partition coefficient (Wildman–Crippen LogP) is 2.16. The molecule has 1 unspecified atom stereocenters. The highest BCUT2D eigenvalue weighted by Crippen LogP contribution is 2.40. The number of likely N-dealkylation sites (tertiary alicyclic amines) is 1. The van der Waals surface area contributed by atoms with Gasteiger partial charge in [-0.1, -0.05) is 6.92 Å². The Hall–Kier alpha value is -1.26. The lowest BCUT2D eigenvalue weighted by molar-refractivity contribution is -0.130. The average Bonchev–Trinajstić information content (AvgIpc) is 2.69. The molecule has 5 nitrogen and oxygen atoms in total. The van der Waals surface area contributed by atoms with Crippen molar-refractivity contribution in [2.45, 2.75) is 52.6 Å². The predicted molar refractivity (Wildman–Crippen MR) is 76.3 cm³/mol. The second-order valence-electron chi connectivity index (χ2n) is 7.17. The van der Waals surface area contributed by atoms with Crippen LogP contribution < -0.4 is 5.32 Å². The number of hydrogen-bond donors (Lipinski definition) is 1. The van der Waals surface area contributed by atoms with Crippen molar-refractivity contribution in [2.24, 2.45) is 11.3 Å². The van der Waals surface area contributed by atoms with Crippen LogP contribution in [0.5, 0.6) is 0 Å². The molecule has 2 aliphatic rings. The minimum absolute atomic E-state index is 0.174. The number of rotatable bonds is 1. The Morgan fingerprint density at radius 3 is 2.40 bits per heavy atom. The summed E-state index contributed by atoms with van der Waals surface area (Å²) in [7, 11) is 0. The largest absolute Gasteiger partial charge is 0.444 e. The second kappa shape index (κ2) is 5.26. The molecule has 2 fully saturated rings. The number of hydrogen-bond acceptors (Lipinski definition) is 3. The summed E-state index contributed by atoms with van der Waals surface area (Å²) in [5.74, 6) is 0.539. The molecule has 5 heteroatoms. The minimum atomic E-state index is -0.453. The fourth-order valence-electron chi connectivity index (χ4n) is 3.17. The van der Waals surface area contributed by atoms with E-state index in [1.54, 1.807) is 4.90 Å². The number of carbonyl (C=O) groups is 2. The molecule has 2 rings (SSSR count). The molecule has 0 saturated carbocycles. The van der Waals surface area contributed by atoms with E-state index in [2.05, 4.69) is 12.2 Å². The molecule has 0 bridgehead atoms. The Kier molecular flexibility index (Phi) is 3.98. The zero-order valence-electron chi connectivity index (χ0n) is 13.0. The Balaban J connectivity index is 1.89. The summed E-state index contributed by atoms with van der Waals surface area (Å²) >= 11 is 0. The molecule has 1 N–H and O–H groups in total. The van der Waals surface area contributed by atoms with E-state index in [9.17, 15) is 9.59 Å². The highest BCUT2D eigenvalue weighted by atomic mass is 16.6. The van der Waals surface area contributed by atoms with Gasteiger partial charge in [0.1, 0.15) is 5.60 Å². The maximum atomic E-state index is 12.0. The maximum Gasteiger partial charge on any atom is 0.410 e. The molecule has 0 aromatic heterocycles. The molecular formula is C15H26N2O3. The van der Waals surface area contributed by atoms with Crippen LogP contribution in [-0.4, -0.2) is 42.1 Å². The van der Waals surface area contributed by atoms with Crippen LogP contribution in [0.15, 0.2) is 0 Å². The molecule has 20 heavy (non-hydrogen) atoms. The summed E-state index contributed by atoms with van der Waals surface area (Å²) in [4.78, 5) is 25.8. The Morgan fingerprint density at radius 1 is 1.35 bits per heavy atom. The van der Waals surface area contributed by atoms with Crippen LogP contribution >= 0.6 is 0 Å². The van der Waals surface area contributed by atoms with Gasteiger partial charge in [0.15, 0.2) is 0 Å². The van der Waals surface area contributed by atoms with Gasteiger partial charge < -0.3 is 15.0 Å². The summed E-state index contributed by atoms with van der Waals surface area (Å²) < 4.78 is 5.39. The summed E-state index contributed by atoms with van der Waals surface area (Å²) in [5, 5.41) is 2.93. The van der Waals surface area contributed by atoms with Gasteiger partial charge in [-0.3, -0.25) is 4.79 Å². The zero-order chi connectivity index (χ0) is 15.0. The van der Waals surface area contributed by atoms with Gasteiger partial charge in [-0.2, -0.15) is 0 Å². The lowest BCUT2D eigenvalue weighted by atomic mass is 9.71. The van der Waals surface area contributed by atoms with Crippen LogP contribution in [0.1, 0.15) is 47.0 Å². The number of amides is 2. The van der Waals surface area contributed by atoms with Gasteiger partial charge in [0.25, 0.3) is 0 Å². The first kappa shape index (κ1) is 15.1. The van der Waals surface area contributed by atoms with Crippen molar-refractivity contribution in [1.29, 1.82) is 0 Å². The average molecular weight is 282 g/mol. The molecule has 2 aliphatic heterocycles. The van der Waals surface area contributed by atoms with E-state index < -0.39 is 5.60 Å². The van der Waals surface area contributed by atoms with Crippen LogP contribution in [0.2, 0.25) is 0 Å². The fraction of sp³-hybridized carbons (Fsp3) is 0.867. The molecule has 114 valence electrons. The Morgan fingerprint density at radius 2 is 1.95 bits per heavy atom. The number of piperidine rings is 1. The number of ether oxygens (including phenoxy) is 1. The van der Waals surface area contributed by atoms with Crippen molar-refractivity contribution in [1.82, 2.24) is 10.2 Å². The number of nitrogens with zero attached hydrogens (tertiary/aromatic N) is 1.